The Morgan fingerprint density at radius 3 is 2.88 bits per heavy atom. The second-order valence-electron chi connectivity index (χ2n) is 6.20. The lowest BCUT2D eigenvalue weighted by Crippen LogP contribution is -2.28. The van der Waals surface area contributed by atoms with Crippen LogP contribution in [0.25, 0.3) is 11.0 Å². The number of methoxy groups -OCH3 is 1. The number of halogens is 3. The van der Waals surface area contributed by atoms with Gasteiger partial charge >= 0.3 is 6.18 Å². The van der Waals surface area contributed by atoms with Crippen LogP contribution in [0, 0.1) is 0 Å². The summed E-state index contributed by atoms with van der Waals surface area (Å²) in [6.07, 6.45) is -5.33. The second kappa shape index (κ2) is 7.71. The molecule has 0 amide bonds. The Morgan fingerprint density at radius 1 is 1.35 bits per heavy atom. The molecule has 0 N–H and O–H groups in total. The lowest BCUT2D eigenvalue weighted by atomic mass is 10.2. The first-order valence-corrected chi connectivity index (χ1v) is 8.37. The van der Waals surface area contributed by atoms with Gasteiger partial charge in [0.25, 0.3) is 0 Å². The van der Waals surface area contributed by atoms with E-state index in [1.807, 2.05) is 11.8 Å². The molecule has 1 aliphatic heterocycles. The molecule has 0 bridgehead atoms. The number of benzene rings is 1. The average molecular weight is 374 g/mol. The number of hydrogen-bond acceptors (Lipinski definition) is 6. The number of aromatic nitrogens is 1. The van der Waals surface area contributed by atoms with Gasteiger partial charge < -0.3 is 23.6 Å². The van der Waals surface area contributed by atoms with Crippen molar-refractivity contribution in [3.8, 4) is 5.75 Å². The predicted molar refractivity (Wildman–Crippen MR) is 88.4 cm³/mol. The molecule has 6 nitrogen and oxygen atoms in total. The van der Waals surface area contributed by atoms with Crippen LogP contribution < -0.4 is 9.64 Å². The molecule has 0 spiro atoms. The van der Waals surface area contributed by atoms with Crippen molar-refractivity contribution in [2.75, 3.05) is 31.8 Å². The van der Waals surface area contributed by atoms with Gasteiger partial charge in [0.05, 0.1) is 25.1 Å². The highest BCUT2D eigenvalue weighted by Crippen LogP contribution is 2.33. The van der Waals surface area contributed by atoms with Crippen molar-refractivity contribution in [3.63, 3.8) is 0 Å². The largest absolute Gasteiger partial charge is 0.493 e. The molecule has 1 saturated heterocycles. The van der Waals surface area contributed by atoms with Crippen molar-refractivity contribution < 1.29 is 31.9 Å². The van der Waals surface area contributed by atoms with E-state index in [-0.39, 0.29) is 25.4 Å². The fraction of sp³-hybridized carbons (Fsp3) is 0.588. The zero-order chi connectivity index (χ0) is 18.7. The van der Waals surface area contributed by atoms with Gasteiger partial charge in [-0.3, -0.25) is 0 Å². The molecule has 144 valence electrons. The summed E-state index contributed by atoms with van der Waals surface area (Å²) in [5.41, 5.74) is 0.510. The molecule has 26 heavy (non-hydrogen) atoms. The molecule has 1 aromatic carbocycles. The Hall–Kier alpha value is -2.00. The first-order chi connectivity index (χ1) is 12.4. The second-order valence-corrected chi connectivity index (χ2v) is 6.20. The molecule has 1 fully saturated rings. The smallest absolute Gasteiger partial charge is 0.389 e. The molecule has 3 rings (SSSR count). The van der Waals surface area contributed by atoms with Crippen LogP contribution in [0.3, 0.4) is 0 Å². The summed E-state index contributed by atoms with van der Waals surface area (Å²) < 4.78 is 58.1. The molecular weight excluding hydrogens is 353 g/mol. The summed E-state index contributed by atoms with van der Waals surface area (Å²) in [5, 5.41) is 4.91. The summed E-state index contributed by atoms with van der Waals surface area (Å²) in [5.74, 6) is 1.11. The van der Waals surface area contributed by atoms with Crippen LogP contribution in [0.15, 0.2) is 22.7 Å². The maximum atomic E-state index is 12.1. The van der Waals surface area contributed by atoms with Crippen molar-refractivity contribution in [1.29, 1.82) is 0 Å². The van der Waals surface area contributed by atoms with Gasteiger partial charge in [-0.2, -0.15) is 13.2 Å². The highest BCUT2D eigenvalue weighted by molar-refractivity contribution is 5.89. The standard InChI is InChI=1S/C17H21F3N2O4/c1-11-22(9-13(25-11)10-23-2)16-14-5-4-12(8-15(14)26-21-16)24-7-3-6-17(18,19)20/h4-5,8,11,13H,3,6-7,9-10H2,1-2H3. The number of ether oxygens (including phenoxy) is 3. The number of alkyl halides is 3. The Morgan fingerprint density at radius 2 is 2.15 bits per heavy atom. The topological polar surface area (TPSA) is 57.0 Å². The van der Waals surface area contributed by atoms with Gasteiger partial charge in [-0.15, -0.1) is 0 Å². The minimum atomic E-state index is -4.16. The van der Waals surface area contributed by atoms with Gasteiger partial charge in [0.2, 0.25) is 0 Å². The summed E-state index contributed by atoms with van der Waals surface area (Å²) in [6.45, 7) is 3.04. The molecule has 2 heterocycles. The van der Waals surface area contributed by atoms with Crippen LogP contribution in [0.4, 0.5) is 19.0 Å². The van der Waals surface area contributed by atoms with Crippen molar-refractivity contribution in [2.45, 2.75) is 38.3 Å². The van der Waals surface area contributed by atoms with E-state index in [0.29, 0.717) is 30.3 Å². The third kappa shape index (κ3) is 4.39. The molecule has 0 aliphatic carbocycles. The summed E-state index contributed by atoms with van der Waals surface area (Å²) in [6, 6.07) is 5.12. The molecule has 0 radical (unpaired) electrons. The van der Waals surface area contributed by atoms with Crippen molar-refractivity contribution in [1.82, 2.24) is 5.16 Å². The molecule has 2 aromatic rings. The Balaban J connectivity index is 1.66. The van der Waals surface area contributed by atoms with E-state index in [1.165, 1.54) is 0 Å². The van der Waals surface area contributed by atoms with Crippen molar-refractivity contribution in [3.05, 3.63) is 18.2 Å². The van der Waals surface area contributed by atoms with Gasteiger partial charge in [0.1, 0.15) is 18.1 Å². The van der Waals surface area contributed by atoms with E-state index in [1.54, 1.807) is 25.3 Å². The summed E-state index contributed by atoms with van der Waals surface area (Å²) in [4.78, 5) is 1.99. The van der Waals surface area contributed by atoms with E-state index in [4.69, 9.17) is 18.7 Å². The van der Waals surface area contributed by atoms with Crippen LogP contribution >= 0.6 is 0 Å². The third-order valence-electron chi connectivity index (χ3n) is 4.15. The highest BCUT2D eigenvalue weighted by Gasteiger charge is 2.32. The first-order valence-electron chi connectivity index (χ1n) is 8.37. The number of hydrogen-bond donors (Lipinski definition) is 0. The molecule has 9 heteroatoms. The first kappa shape index (κ1) is 18.8. The zero-order valence-corrected chi connectivity index (χ0v) is 14.6. The Bertz CT molecular complexity index is 734. The monoisotopic (exact) mass is 374 g/mol. The maximum Gasteiger partial charge on any atom is 0.389 e. The molecular formula is C17H21F3N2O4. The Kier molecular flexibility index (Phi) is 5.57. The fourth-order valence-corrected chi connectivity index (χ4v) is 2.96. The minimum Gasteiger partial charge on any atom is -0.493 e. The van der Waals surface area contributed by atoms with E-state index >= 15 is 0 Å². The number of rotatable bonds is 7. The zero-order valence-electron chi connectivity index (χ0n) is 14.6. The minimum absolute atomic E-state index is 0.0122. The molecule has 1 aliphatic rings. The fourth-order valence-electron chi connectivity index (χ4n) is 2.96. The number of nitrogens with zero attached hydrogens (tertiary/aromatic N) is 2. The molecule has 0 saturated carbocycles. The van der Waals surface area contributed by atoms with Gasteiger partial charge in [-0.25, -0.2) is 0 Å². The quantitative estimate of drug-likeness (QED) is 0.688. The third-order valence-corrected chi connectivity index (χ3v) is 4.15. The predicted octanol–water partition coefficient (Wildman–Crippen LogP) is 3.75. The SMILES string of the molecule is COCC1CN(c2noc3cc(OCCCC(F)(F)F)ccc23)C(C)O1. The van der Waals surface area contributed by atoms with Gasteiger partial charge in [-0.05, 0) is 25.5 Å². The van der Waals surface area contributed by atoms with Gasteiger partial charge in [0.15, 0.2) is 11.4 Å². The normalized spacial score (nSPS) is 20.9. The van der Waals surface area contributed by atoms with Gasteiger partial charge in [0, 0.05) is 19.6 Å². The van der Waals surface area contributed by atoms with E-state index in [2.05, 4.69) is 5.16 Å². The van der Waals surface area contributed by atoms with E-state index < -0.39 is 12.6 Å². The number of anilines is 1. The summed E-state index contributed by atoms with van der Waals surface area (Å²) in [7, 11) is 1.62. The highest BCUT2D eigenvalue weighted by atomic mass is 19.4. The molecule has 1 aromatic heterocycles. The van der Waals surface area contributed by atoms with E-state index in [0.717, 1.165) is 5.39 Å². The van der Waals surface area contributed by atoms with Crippen LogP contribution in [0.1, 0.15) is 19.8 Å². The van der Waals surface area contributed by atoms with Crippen molar-refractivity contribution >= 4 is 16.8 Å². The summed E-state index contributed by atoms with van der Waals surface area (Å²) >= 11 is 0. The number of fused-ring (bicyclic) bond motifs is 1. The maximum absolute atomic E-state index is 12.1. The molecule has 2 atom stereocenters. The van der Waals surface area contributed by atoms with Crippen LogP contribution in [-0.4, -0.2) is 50.5 Å². The van der Waals surface area contributed by atoms with E-state index in [9.17, 15) is 13.2 Å². The van der Waals surface area contributed by atoms with Crippen LogP contribution in [0.2, 0.25) is 0 Å². The van der Waals surface area contributed by atoms with Crippen LogP contribution in [-0.2, 0) is 9.47 Å². The molecule has 2 unspecified atom stereocenters. The Labute approximate surface area is 148 Å². The lowest BCUT2D eigenvalue weighted by molar-refractivity contribution is -0.136. The lowest BCUT2D eigenvalue weighted by Gasteiger charge is -2.18. The average Bonchev–Trinajstić information content (AvgIpc) is 3.14. The van der Waals surface area contributed by atoms with Crippen molar-refractivity contribution in [2.24, 2.45) is 0 Å². The van der Waals surface area contributed by atoms with Gasteiger partial charge in [-0.1, -0.05) is 5.16 Å². The van der Waals surface area contributed by atoms with Crippen LogP contribution in [0.5, 0.6) is 5.75 Å².